The van der Waals surface area contributed by atoms with Crippen LogP contribution in [0.2, 0.25) is 0 Å². The fourth-order valence-corrected chi connectivity index (χ4v) is 4.56. The second-order valence-corrected chi connectivity index (χ2v) is 8.23. The van der Waals surface area contributed by atoms with Gasteiger partial charge in [-0.1, -0.05) is 12.5 Å². The Morgan fingerprint density at radius 1 is 1.24 bits per heavy atom. The summed E-state index contributed by atoms with van der Waals surface area (Å²) in [6.45, 7) is 2.90. The Bertz CT molecular complexity index is 782. The maximum atomic E-state index is 12.8. The Morgan fingerprint density at radius 3 is 2.60 bits per heavy atom. The van der Waals surface area contributed by atoms with Gasteiger partial charge in [-0.2, -0.15) is 4.31 Å². The number of sulfonamides is 1. The third kappa shape index (κ3) is 3.69. The first-order valence-corrected chi connectivity index (χ1v) is 9.82. The molecule has 3 rings (SSSR count). The minimum Gasteiger partial charge on any atom is -0.463 e. The molecule has 0 spiro atoms. The molecule has 0 radical (unpaired) electrons. The molecule has 0 unspecified atom stereocenters. The standard InChI is InChI=1S/C17H21NO6S/c1-12-5-6-13(25(21,22)18-8-3-2-4-9-18)11-14(12)16(19)24-15-7-10-23-17(15)20/h5-6,11,15H,2-4,7-10H2,1H3/t15-/m0/s1. The smallest absolute Gasteiger partial charge is 0.347 e. The van der Waals surface area contributed by atoms with Crippen molar-refractivity contribution in [1.29, 1.82) is 0 Å². The zero-order valence-corrected chi connectivity index (χ0v) is 14.9. The van der Waals surface area contributed by atoms with Gasteiger partial charge in [0.25, 0.3) is 0 Å². The highest BCUT2D eigenvalue weighted by Crippen LogP contribution is 2.24. The second-order valence-electron chi connectivity index (χ2n) is 6.29. The van der Waals surface area contributed by atoms with Gasteiger partial charge >= 0.3 is 11.9 Å². The zero-order chi connectivity index (χ0) is 18.0. The van der Waals surface area contributed by atoms with Crippen LogP contribution in [-0.4, -0.2) is 50.5 Å². The zero-order valence-electron chi connectivity index (χ0n) is 14.1. The molecule has 2 saturated heterocycles. The van der Waals surface area contributed by atoms with Gasteiger partial charge in [-0.15, -0.1) is 0 Å². The number of aryl methyl sites for hydroxylation is 1. The highest BCUT2D eigenvalue weighted by atomic mass is 32.2. The first-order chi connectivity index (χ1) is 11.9. The van der Waals surface area contributed by atoms with E-state index in [0.29, 0.717) is 25.1 Å². The number of ether oxygens (including phenoxy) is 2. The molecule has 2 heterocycles. The summed E-state index contributed by atoms with van der Waals surface area (Å²) in [5.41, 5.74) is 0.742. The molecule has 25 heavy (non-hydrogen) atoms. The molecule has 2 aliphatic heterocycles. The van der Waals surface area contributed by atoms with E-state index < -0.39 is 28.1 Å². The lowest BCUT2D eigenvalue weighted by Crippen LogP contribution is -2.35. The minimum absolute atomic E-state index is 0.0703. The largest absolute Gasteiger partial charge is 0.463 e. The van der Waals surface area contributed by atoms with Crippen LogP contribution >= 0.6 is 0 Å². The molecule has 0 bridgehead atoms. The van der Waals surface area contributed by atoms with Crippen molar-refractivity contribution in [3.8, 4) is 0 Å². The van der Waals surface area contributed by atoms with Gasteiger partial charge in [0.2, 0.25) is 16.1 Å². The third-order valence-corrected chi connectivity index (χ3v) is 6.41. The van der Waals surface area contributed by atoms with E-state index in [2.05, 4.69) is 0 Å². The summed E-state index contributed by atoms with van der Waals surface area (Å²) in [6, 6.07) is 4.42. The monoisotopic (exact) mass is 367 g/mol. The van der Waals surface area contributed by atoms with Crippen molar-refractivity contribution in [2.24, 2.45) is 0 Å². The summed E-state index contributed by atoms with van der Waals surface area (Å²) in [5.74, 6) is -1.28. The number of carbonyl (C=O) groups excluding carboxylic acids is 2. The Hall–Kier alpha value is -1.93. The first kappa shape index (κ1) is 17.9. The van der Waals surface area contributed by atoms with Crippen LogP contribution in [0.25, 0.3) is 0 Å². The van der Waals surface area contributed by atoms with Crippen molar-refractivity contribution < 1.29 is 27.5 Å². The van der Waals surface area contributed by atoms with Crippen molar-refractivity contribution >= 4 is 22.0 Å². The molecular formula is C17H21NO6S. The maximum Gasteiger partial charge on any atom is 0.347 e. The van der Waals surface area contributed by atoms with E-state index in [4.69, 9.17) is 9.47 Å². The maximum absolute atomic E-state index is 12.8. The van der Waals surface area contributed by atoms with E-state index >= 15 is 0 Å². The Labute approximate surface area is 147 Å². The summed E-state index contributed by atoms with van der Waals surface area (Å²) >= 11 is 0. The van der Waals surface area contributed by atoms with Gasteiger partial charge in [0.1, 0.15) is 0 Å². The predicted molar refractivity (Wildman–Crippen MR) is 88.6 cm³/mol. The number of esters is 2. The number of hydrogen-bond donors (Lipinski definition) is 0. The molecular weight excluding hydrogens is 346 g/mol. The molecule has 1 aromatic rings. The Balaban J connectivity index is 1.84. The average molecular weight is 367 g/mol. The lowest BCUT2D eigenvalue weighted by atomic mass is 10.1. The van der Waals surface area contributed by atoms with Crippen molar-refractivity contribution in [3.05, 3.63) is 29.3 Å². The van der Waals surface area contributed by atoms with Crippen molar-refractivity contribution in [3.63, 3.8) is 0 Å². The molecule has 2 fully saturated rings. The van der Waals surface area contributed by atoms with Crippen LogP contribution in [0.15, 0.2) is 23.1 Å². The number of carbonyl (C=O) groups is 2. The molecule has 7 nitrogen and oxygen atoms in total. The molecule has 1 atom stereocenters. The van der Waals surface area contributed by atoms with Crippen LogP contribution < -0.4 is 0 Å². The lowest BCUT2D eigenvalue weighted by Gasteiger charge is -2.26. The summed E-state index contributed by atoms with van der Waals surface area (Å²) in [6.07, 6.45) is 2.09. The number of cyclic esters (lactones) is 1. The fourth-order valence-electron chi connectivity index (χ4n) is 3.01. The second kappa shape index (κ2) is 7.13. The van der Waals surface area contributed by atoms with E-state index in [-0.39, 0.29) is 17.1 Å². The van der Waals surface area contributed by atoms with Gasteiger partial charge in [0.05, 0.1) is 17.1 Å². The van der Waals surface area contributed by atoms with Crippen molar-refractivity contribution in [2.75, 3.05) is 19.7 Å². The highest BCUT2D eigenvalue weighted by molar-refractivity contribution is 7.89. The van der Waals surface area contributed by atoms with Gasteiger partial charge in [-0.05, 0) is 37.5 Å². The molecule has 1 aromatic carbocycles. The summed E-state index contributed by atoms with van der Waals surface area (Å²) in [5, 5.41) is 0. The molecule has 136 valence electrons. The Kier molecular flexibility index (Phi) is 5.10. The van der Waals surface area contributed by atoms with Crippen molar-refractivity contribution in [1.82, 2.24) is 4.31 Å². The normalized spacial score (nSPS) is 21.8. The summed E-state index contributed by atoms with van der Waals surface area (Å²) in [7, 11) is -3.64. The van der Waals surface area contributed by atoms with E-state index in [1.165, 1.54) is 16.4 Å². The van der Waals surface area contributed by atoms with Gasteiger partial charge in [0, 0.05) is 19.5 Å². The topological polar surface area (TPSA) is 90.0 Å². The molecule has 0 aliphatic carbocycles. The number of piperidine rings is 1. The van der Waals surface area contributed by atoms with Gasteiger partial charge < -0.3 is 9.47 Å². The van der Waals surface area contributed by atoms with Crippen LogP contribution in [-0.2, 0) is 24.3 Å². The van der Waals surface area contributed by atoms with Crippen molar-refractivity contribution in [2.45, 2.75) is 43.6 Å². The summed E-state index contributed by atoms with van der Waals surface area (Å²) < 4.78 is 36.9. The van der Waals surface area contributed by atoms with E-state index in [1.807, 2.05) is 0 Å². The van der Waals surface area contributed by atoms with Crippen LogP contribution in [0.4, 0.5) is 0 Å². The molecule has 0 saturated carbocycles. The SMILES string of the molecule is Cc1ccc(S(=O)(=O)N2CCCCC2)cc1C(=O)O[C@H]1CCOC1=O. The number of rotatable bonds is 4. The quantitative estimate of drug-likeness (QED) is 0.752. The average Bonchev–Trinajstić information content (AvgIpc) is 3.00. The van der Waals surface area contributed by atoms with E-state index in [1.54, 1.807) is 13.0 Å². The van der Waals surface area contributed by atoms with E-state index in [0.717, 1.165) is 19.3 Å². The summed E-state index contributed by atoms with van der Waals surface area (Å²) in [4.78, 5) is 23.9. The predicted octanol–water partition coefficient (Wildman–Crippen LogP) is 1.64. The van der Waals surface area contributed by atoms with Gasteiger partial charge in [0.15, 0.2) is 0 Å². The minimum atomic E-state index is -3.64. The van der Waals surface area contributed by atoms with Crippen LogP contribution in [0.5, 0.6) is 0 Å². The van der Waals surface area contributed by atoms with E-state index in [9.17, 15) is 18.0 Å². The van der Waals surface area contributed by atoms with Crippen LogP contribution in [0.3, 0.4) is 0 Å². The van der Waals surface area contributed by atoms with Gasteiger partial charge in [-0.25, -0.2) is 18.0 Å². The molecule has 0 amide bonds. The number of nitrogens with zero attached hydrogens (tertiary/aromatic N) is 1. The van der Waals surface area contributed by atoms with Crippen LogP contribution in [0, 0.1) is 6.92 Å². The molecule has 0 N–H and O–H groups in total. The number of hydrogen-bond acceptors (Lipinski definition) is 6. The lowest BCUT2D eigenvalue weighted by molar-refractivity contribution is -0.145. The number of benzene rings is 1. The fraction of sp³-hybridized carbons (Fsp3) is 0.529. The highest BCUT2D eigenvalue weighted by Gasteiger charge is 2.32. The first-order valence-electron chi connectivity index (χ1n) is 8.38. The molecule has 2 aliphatic rings. The molecule has 0 aromatic heterocycles. The van der Waals surface area contributed by atoms with Gasteiger partial charge in [-0.3, -0.25) is 0 Å². The Morgan fingerprint density at radius 2 is 1.96 bits per heavy atom. The molecule has 8 heteroatoms. The van der Waals surface area contributed by atoms with Crippen LogP contribution in [0.1, 0.15) is 41.6 Å². The third-order valence-electron chi connectivity index (χ3n) is 4.52.